The summed E-state index contributed by atoms with van der Waals surface area (Å²) >= 11 is 7.66. The summed E-state index contributed by atoms with van der Waals surface area (Å²) in [4.78, 5) is 14.5. The molecule has 0 unspecified atom stereocenters. The second-order valence-corrected chi connectivity index (χ2v) is 10.3. The standard InChI is InChI=1S/C23H17ClO4S2/c1-28-19-13-15(9-12-18(19)24)21-22(25)17-5-3-4-6-20(17)29-23(21)14-7-10-16(11-8-14)30(2,26)27/h3-13H,1-2H3. The Balaban J connectivity index is 2.04. The van der Waals surface area contributed by atoms with Crippen LogP contribution in [0.4, 0.5) is 0 Å². The average molecular weight is 457 g/mol. The SMILES string of the molecule is COc1cc(-c2c(-c3ccc(S(C)(=O)=O)cc3)sc3ccccc3c2=O)ccc1Cl. The highest BCUT2D eigenvalue weighted by atomic mass is 35.5. The number of hydrogen-bond acceptors (Lipinski definition) is 5. The zero-order chi connectivity index (χ0) is 21.5. The Morgan fingerprint density at radius 1 is 0.933 bits per heavy atom. The first-order valence-electron chi connectivity index (χ1n) is 9.00. The molecule has 0 saturated heterocycles. The van der Waals surface area contributed by atoms with Crippen molar-refractivity contribution < 1.29 is 13.2 Å². The Morgan fingerprint density at radius 3 is 2.27 bits per heavy atom. The molecule has 0 bridgehead atoms. The van der Waals surface area contributed by atoms with Gasteiger partial charge in [0.1, 0.15) is 5.75 Å². The molecule has 4 nitrogen and oxygen atoms in total. The van der Waals surface area contributed by atoms with Crippen LogP contribution in [0.3, 0.4) is 0 Å². The molecule has 0 aliphatic rings. The molecule has 30 heavy (non-hydrogen) atoms. The van der Waals surface area contributed by atoms with E-state index >= 15 is 0 Å². The van der Waals surface area contributed by atoms with Gasteiger partial charge in [-0.1, -0.05) is 41.9 Å². The molecule has 4 aromatic rings. The number of fused-ring (bicyclic) bond motifs is 1. The van der Waals surface area contributed by atoms with Gasteiger partial charge in [-0.15, -0.1) is 11.3 Å². The molecule has 0 saturated carbocycles. The molecular weight excluding hydrogens is 440 g/mol. The maximum atomic E-state index is 13.5. The first kappa shape index (κ1) is 20.6. The van der Waals surface area contributed by atoms with Crippen LogP contribution in [0, 0.1) is 0 Å². The fourth-order valence-electron chi connectivity index (χ4n) is 3.28. The predicted molar refractivity (Wildman–Crippen MR) is 124 cm³/mol. The molecule has 0 amide bonds. The monoisotopic (exact) mass is 456 g/mol. The molecule has 0 atom stereocenters. The van der Waals surface area contributed by atoms with Crippen molar-refractivity contribution in [1.82, 2.24) is 0 Å². The Bertz CT molecular complexity index is 1420. The summed E-state index contributed by atoms with van der Waals surface area (Å²) in [5.41, 5.74) is 1.88. The van der Waals surface area contributed by atoms with E-state index in [0.29, 0.717) is 27.3 Å². The highest BCUT2D eigenvalue weighted by Gasteiger charge is 2.18. The van der Waals surface area contributed by atoms with Crippen LogP contribution in [-0.2, 0) is 9.84 Å². The number of rotatable bonds is 4. The molecule has 0 spiro atoms. The molecule has 0 N–H and O–H groups in total. The van der Waals surface area contributed by atoms with E-state index in [0.717, 1.165) is 15.1 Å². The molecule has 0 fully saturated rings. The minimum absolute atomic E-state index is 0.101. The summed E-state index contributed by atoms with van der Waals surface area (Å²) in [6.07, 6.45) is 1.17. The minimum atomic E-state index is -3.31. The van der Waals surface area contributed by atoms with E-state index in [1.807, 2.05) is 18.2 Å². The molecule has 0 aliphatic heterocycles. The van der Waals surface area contributed by atoms with Crippen molar-refractivity contribution in [2.45, 2.75) is 4.90 Å². The van der Waals surface area contributed by atoms with E-state index in [4.69, 9.17) is 16.3 Å². The molecular formula is C23H17ClO4S2. The Labute approximate surface area is 183 Å². The van der Waals surface area contributed by atoms with Crippen LogP contribution in [0.1, 0.15) is 0 Å². The number of ether oxygens (including phenoxy) is 1. The van der Waals surface area contributed by atoms with Crippen LogP contribution in [-0.4, -0.2) is 21.8 Å². The molecule has 0 radical (unpaired) electrons. The maximum absolute atomic E-state index is 13.5. The fraction of sp³-hybridized carbons (Fsp3) is 0.0870. The number of benzene rings is 3. The Morgan fingerprint density at radius 2 is 1.60 bits per heavy atom. The fourth-order valence-corrected chi connectivity index (χ4v) is 5.31. The van der Waals surface area contributed by atoms with Crippen LogP contribution in [0.25, 0.3) is 31.7 Å². The van der Waals surface area contributed by atoms with Crippen LogP contribution in [0.5, 0.6) is 5.75 Å². The number of hydrogen-bond donors (Lipinski definition) is 0. The van der Waals surface area contributed by atoms with Crippen LogP contribution in [0.2, 0.25) is 5.02 Å². The van der Waals surface area contributed by atoms with Crippen molar-refractivity contribution in [2.75, 3.05) is 13.4 Å². The normalized spacial score (nSPS) is 11.6. The summed E-state index contributed by atoms with van der Waals surface area (Å²) in [5.74, 6) is 0.477. The van der Waals surface area contributed by atoms with Gasteiger partial charge in [0, 0.05) is 26.8 Å². The van der Waals surface area contributed by atoms with E-state index < -0.39 is 9.84 Å². The third kappa shape index (κ3) is 3.74. The summed E-state index contributed by atoms with van der Waals surface area (Å²) in [5, 5.41) is 1.08. The lowest BCUT2D eigenvalue weighted by molar-refractivity contribution is 0.415. The van der Waals surface area contributed by atoms with E-state index in [9.17, 15) is 13.2 Å². The largest absolute Gasteiger partial charge is 0.495 e. The highest BCUT2D eigenvalue weighted by Crippen LogP contribution is 2.39. The van der Waals surface area contributed by atoms with Gasteiger partial charge < -0.3 is 4.74 Å². The zero-order valence-corrected chi connectivity index (χ0v) is 18.6. The van der Waals surface area contributed by atoms with Gasteiger partial charge in [-0.3, -0.25) is 4.79 Å². The summed E-state index contributed by atoms with van der Waals surface area (Å²) in [6, 6.07) is 19.2. The molecule has 4 rings (SSSR count). The smallest absolute Gasteiger partial charge is 0.196 e. The van der Waals surface area contributed by atoms with Gasteiger partial charge >= 0.3 is 0 Å². The molecule has 152 valence electrons. The van der Waals surface area contributed by atoms with Crippen LogP contribution < -0.4 is 10.2 Å². The van der Waals surface area contributed by atoms with Crippen molar-refractivity contribution in [3.8, 4) is 27.3 Å². The molecule has 1 aromatic heterocycles. The highest BCUT2D eigenvalue weighted by molar-refractivity contribution is 7.90. The summed E-state index contributed by atoms with van der Waals surface area (Å²) in [6.45, 7) is 0. The summed E-state index contributed by atoms with van der Waals surface area (Å²) in [7, 11) is -1.79. The van der Waals surface area contributed by atoms with Gasteiger partial charge in [0.15, 0.2) is 15.3 Å². The van der Waals surface area contributed by atoms with Crippen molar-refractivity contribution in [1.29, 1.82) is 0 Å². The number of sulfone groups is 1. The Kier molecular flexibility index (Phi) is 5.40. The minimum Gasteiger partial charge on any atom is -0.495 e. The van der Waals surface area contributed by atoms with Crippen LogP contribution in [0.15, 0.2) is 76.4 Å². The van der Waals surface area contributed by atoms with Crippen molar-refractivity contribution in [2.24, 2.45) is 0 Å². The molecule has 1 heterocycles. The van der Waals surface area contributed by atoms with E-state index in [1.54, 1.807) is 48.5 Å². The molecule has 3 aromatic carbocycles. The Hall–Kier alpha value is -2.67. The quantitative estimate of drug-likeness (QED) is 0.397. The van der Waals surface area contributed by atoms with Crippen LogP contribution >= 0.6 is 22.9 Å². The lowest BCUT2D eigenvalue weighted by Gasteiger charge is -2.13. The number of methoxy groups -OCH3 is 1. The van der Waals surface area contributed by atoms with Crippen molar-refractivity contribution in [3.05, 3.63) is 82.0 Å². The third-order valence-corrected chi connectivity index (χ3v) is 7.44. The van der Waals surface area contributed by atoms with Crippen molar-refractivity contribution >= 4 is 42.9 Å². The molecule has 7 heteroatoms. The van der Waals surface area contributed by atoms with Gasteiger partial charge in [-0.05, 0) is 47.5 Å². The van der Waals surface area contributed by atoms with Gasteiger partial charge in [0.25, 0.3) is 0 Å². The zero-order valence-electron chi connectivity index (χ0n) is 16.2. The van der Waals surface area contributed by atoms with E-state index in [1.165, 1.54) is 24.7 Å². The van der Waals surface area contributed by atoms with Crippen molar-refractivity contribution in [3.63, 3.8) is 0 Å². The second kappa shape index (κ2) is 7.87. The van der Waals surface area contributed by atoms with Gasteiger partial charge in [0.05, 0.1) is 17.0 Å². The topological polar surface area (TPSA) is 60.4 Å². The molecule has 0 aliphatic carbocycles. The maximum Gasteiger partial charge on any atom is 0.196 e. The van der Waals surface area contributed by atoms with Gasteiger partial charge in [0.2, 0.25) is 0 Å². The van der Waals surface area contributed by atoms with E-state index in [-0.39, 0.29) is 10.3 Å². The second-order valence-electron chi connectivity index (χ2n) is 6.78. The predicted octanol–water partition coefficient (Wildman–Crippen LogP) is 5.66. The van der Waals surface area contributed by atoms with E-state index in [2.05, 4.69) is 0 Å². The van der Waals surface area contributed by atoms with Gasteiger partial charge in [-0.2, -0.15) is 0 Å². The average Bonchev–Trinajstić information content (AvgIpc) is 2.74. The first-order valence-corrected chi connectivity index (χ1v) is 12.1. The lowest BCUT2D eigenvalue weighted by atomic mass is 10.00. The first-order chi connectivity index (χ1) is 14.3. The number of halogens is 1. The lowest BCUT2D eigenvalue weighted by Crippen LogP contribution is -2.06. The summed E-state index contributed by atoms with van der Waals surface area (Å²) < 4.78 is 29.8. The third-order valence-electron chi connectivity index (χ3n) is 4.78. The van der Waals surface area contributed by atoms with Gasteiger partial charge in [-0.25, -0.2) is 8.42 Å².